The summed E-state index contributed by atoms with van der Waals surface area (Å²) >= 11 is 5.44. The van der Waals surface area contributed by atoms with Gasteiger partial charge in [-0.3, -0.25) is 4.79 Å². The first-order valence-corrected chi connectivity index (χ1v) is 6.68. The lowest BCUT2D eigenvalue weighted by atomic mass is 10.2. The van der Waals surface area contributed by atoms with Crippen molar-refractivity contribution in [2.45, 2.75) is 31.9 Å². The van der Waals surface area contributed by atoms with Gasteiger partial charge in [-0.25, -0.2) is 4.79 Å². The number of alkyl halides is 1. The first kappa shape index (κ1) is 16.3. The summed E-state index contributed by atoms with van der Waals surface area (Å²) in [6.45, 7) is 1.83. The summed E-state index contributed by atoms with van der Waals surface area (Å²) in [4.78, 5) is 22.4. The minimum atomic E-state index is -0.842. The summed E-state index contributed by atoms with van der Waals surface area (Å²) in [7, 11) is 0. The first-order chi connectivity index (χ1) is 9.58. The van der Waals surface area contributed by atoms with Crippen LogP contribution in [0, 0.1) is 0 Å². The number of rotatable bonds is 7. The van der Waals surface area contributed by atoms with Crippen molar-refractivity contribution in [2.75, 3.05) is 6.61 Å². The molecule has 0 saturated heterocycles. The molecule has 0 N–H and O–H groups in total. The highest BCUT2D eigenvalue weighted by Crippen LogP contribution is 2.03. The molecule has 0 aliphatic heterocycles. The average Bonchev–Trinajstić information content (AvgIpc) is 2.42. The predicted molar refractivity (Wildman–Crippen MR) is 73.2 cm³/mol. The monoisotopic (exact) mass is 300 g/mol. The Bertz CT molecular complexity index is 419. The van der Waals surface area contributed by atoms with E-state index in [1.807, 2.05) is 30.3 Å². The van der Waals surface area contributed by atoms with Gasteiger partial charge in [0, 0.05) is 6.42 Å². The van der Waals surface area contributed by atoms with E-state index in [9.17, 15) is 9.59 Å². The molecule has 6 heteroatoms. The van der Waals surface area contributed by atoms with Gasteiger partial charge in [0.2, 0.25) is 0 Å². The standard InChI is InChI=1S/C14H17ClO5/c1-11(15)20-14(17)18-9-5-8-13(16)19-10-12-6-3-2-4-7-12/h2-4,6-7,11H,5,8-10H2,1H3. The van der Waals surface area contributed by atoms with Crippen molar-refractivity contribution in [3.05, 3.63) is 35.9 Å². The summed E-state index contributed by atoms with van der Waals surface area (Å²) in [6, 6.07) is 9.39. The van der Waals surface area contributed by atoms with Crippen molar-refractivity contribution >= 4 is 23.7 Å². The number of ether oxygens (including phenoxy) is 3. The first-order valence-electron chi connectivity index (χ1n) is 6.25. The Morgan fingerprint density at radius 1 is 1.20 bits per heavy atom. The Labute approximate surface area is 122 Å². The molecule has 0 spiro atoms. The van der Waals surface area contributed by atoms with Crippen LogP contribution in [0.15, 0.2) is 30.3 Å². The second-order valence-electron chi connectivity index (χ2n) is 4.01. The smallest absolute Gasteiger partial charge is 0.461 e. The molecule has 1 rings (SSSR count). The van der Waals surface area contributed by atoms with E-state index >= 15 is 0 Å². The number of carbonyl (C=O) groups excluding carboxylic acids is 2. The van der Waals surface area contributed by atoms with E-state index in [0.29, 0.717) is 6.42 Å². The number of benzene rings is 1. The highest BCUT2D eigenvalue weighted by Gasteiger charge is 2.08. The summed E-state index contributed by atoms with van der Waals surface area (Å²) in [5, 5.41) is 0. The molecule has 0 amide bonds. The normalized spacial score (nSPS) is 11.5. The van der Waals surface area contributed by atoms with Gasteiger partial charge in [0.1, 0.15) is 6.61 Å². The van der Waals surface area contributed by atoms with Gasteiger partial charge < -0.3 is 14.2 Å². The zero-order valence-electron chi connectivity index (χ0n) is 11.2. The lowest BCUT2D eigenvalue weighted by Crippen LogP contribution is -2.13. The van der Waals surface area contributed by atoms with Crippen LogP contribution in [0.3, 0.4) is 0 Å². The van der Waals surface area contributed by atoms with Gasteiger partial charge in [0.05, 0.1) is 6.61 Å². The van der Waals surface area contributed by atoms with Crippen LogP contribution in [0.25, 0.3) is 0 Å². The predicted octanol–water partition coefficient (Wildman–Crippen LogP) is 3.25. The molecule has 0 saturated carbocycles. The molecular weight excluding hydrogens is 284 g/mol. The Hall–Kier alpha value is -1.75. The third-order valence-electron chi connectivity index (χ3n) is 2.25. The Morgan fingerprint density at radius 3 is 2.55 bits per heavy atom. The largest absolute Gasteiger partial charge is 0.509 e. The van der Waals surface area contributed by atoms with Crippen LogP contribution in [-0.2, 0) is 25.6 Å². The van der Waals surface area contributed by atoms with Gasteiger partial charge in [0.15, 0.2) is 5.56 Å². The minimum absolute atomic E-state index is 0.0862. The summed E-state index contributed by atoms with van der Waals surface area (Å²) < 4.78 is 14.3. The van der Waals surface area contributed by atoms with Crippen molar-refractivity contribution in [1.29, 1.82) is 0 Å². The molecule has 0 aliphatic rings. The van der Waals surface area contributed by atoms with Crippen molar-refractivity contribution in [3.63, 3.8) is 0 Å². The molecule has 0 bridgehead atoms. The van der Waals surface area contributed by atoms with Crippen LogP contribution in [0.1, 0.15) is 25.3 Å². The topological polar surface area (TPSA) is 61.8 Å². The highest BCUT2D eigenvalue weighted by atomic mass is 35.5. The Morgan fingerprint density at radius 2 is 1.90 bits per heavy atom. The molecule has 20 heavy (non-hydrogen) atoms. The van der Waals surface area contributed by atoms with Gasteiger partial charge in [-0.05, 0) is 18.9 Å². The number of esters is 1. The van der Waals surface area contributed by atoms with Gasteiger partial charge >= 0.3 is 12.1 Å². The molecule has 0 aliphatic carbocycles. The van der Waals surface area contributed by atoms with Crippen molar-refractivity contribution in [1.82, 2.24) is 0 Å². The van der Waals surface area contributed by atoms with Gasteiger partial charge in [-0.2, -0.15) is 0 Å². The third kappa shape index (κ3) is 7.63. The molecule has 0 heterocycles. The van der Waals surface area contributed by atoms with Gasteiger partial charge in [-0.1, -0.05) is 41.9 Å². The number of carbonyl (C=O) groups is 2. The van der Waals surface area contributed by atoms with E-state index in [4.69, 9.17) is 21.1 Å². The van der Waals surface area contributed by atoms with Gasteiger partial charge in [0.25, 0.3) is 0 Å². The van der Waals surface area contributed by atoms with E-state index in [1.54, 1.807) is 0 Å². The Balaban J connectivity index is 2.07. The fourth-order valence-corrected chi connectivity index (χ4v) is 1.42. The quantitative estimate of drug-likeness (QED) is 0.439. The lowest BCUT2D eigenvalue weighted by Gasteiger charge is -2.07. The van der Waals surface area contributed by atoms with E-state index in [0.717, 1.165) is 5.56 Å². The molecule has 1 unspecified atom stereocenters. The molecule has 0 radical (unpaired) electrons. The summed E-state index contributed by atoms with van der Waals surface area (Å²) in [5.74, 6) is -0.337. The zero-order valence-corrected chi connectivity index (χ0v) is 12.0. The zero-order chi connectivity index (χ0) is 14.8. The molecular formula is C14H17ClO5. The fourth-order valence-electron chi connectivity index (χ4n) is 1.35. The molecule has 5 nitrogen and oxygen atoms in total. The highest BCUT2D eigenvalue weighted by molar-refractivity contribution is 6.19. The van der Waals surface area contributed by atoms with Crippen LogP contribution in [0.4, 0.5) is 4.79 Å². The number of halogens is 1. The molecule has 1 aromatic carbocycles. The van der Waals surface area contributed by atoms with E-state index in [2.05, 4.69) is 4.74 Å². The van der Waals surface area contributed by atoms with E-state index in [-0.39, 0.29) is 25.6 Å². The number of hydrogen-bond donors (Lipinski definition) is 0. The minimum Gasteiger partial charge on any atom is -0.461 e. The molecule has 0 aromatic heterocycles. The summed E-state index contributed by atoms with van der Waals surface area (Å²) in [6.07, 6.45) is -0.291. The maximum atomic E-state index is 11.4. The van der Waals surface area contributed by atoms with Crippen LogP contribution in [0.2, 0.25) is 0 Å². The maximum Gasteiger partial charge on any atom is 0.509 e. The maximum absolute atomic E-state index is 11.4. The fraction of sp³-hybridized carbons (Fsp3) is 0.429. The van der Waals surface area contributed by atoms with Gasteiger partial charge in [-0.15, -0.1) is 0 Å². The van der Waals surface area contributed by atoms with Crippen LogP contribution < -0.4 is 0 Å². The van der Waals surface area contributed by atoms with Crippen molar-refractivity contribution in [3.8, 4) is 0 Å². The second-order valence-corrected chi connectivity index (χ2v) is 4.62. The average molecular weight is 301 g/mol. The Kier molecular flexibility index (Phi) is 7.50. The lowest BCUT2D eigenvalue weighted by molar-refractivity contribution is -0.145. The third-order valence-corrected chi connectivity index (χ3v) is 2.34. The SMILES string of the molecule is CC(Cl)OC(=O)OCCCC(=O)OCc1ccccc1. The molecule has 0 fully saturated rings. The van der Waals surface area contributed by atoms with Crippen LogP contribution in [-0.4, -0.2) is 24.3 Å². The summed E-state index contributed by atoms with van der Waals surface area (Å²) in [5.41, 5.74) is 0.190. The van der Waals surface area contributed by atoms with E-state index in [1.165, 1.54) is 6.92 Å². The van der Waals surface area contributed by atoms with Crippen LogP contribution in [0.5, 0.6) is 0 Å². The molecule has 110 valence electrons. The molecule has 1 aromatic rings. The molecule has 1 atom stereocenters. The van der Waals surface area contributed by atoms with Crippen molar-refractivity contribution in [2.24, 2.45) is 0 Å². The van der Waals surface area contributed by atoms with E-state index < -0.39 is 11.7 Å². The van der Waals surface area contributed by atoms with Crippen molar-refractivity contribution < 1.29 is 23.8 Å². The second kappa shape index (κ2) is 9.20. The van der Waals surface area contributed by atoms with Crippen LogP contribution >= 0.6 is 11.6 Å². The number of hydrogen-bond acceptors (Lipinski definition) is 5.